The summed E-state index contributed by atoms with van der Waals surface area (Å²) in [4.78, 5) is 25.8. The van der Waals surface area contributed by atoms with Gasteiger partial charge in [0.15, 0.2) is 6.29 Å². The van der Waals surface area contributed by atoms with Crippen LogP contribution in [0.25, 0.3) is 0 Å². The lowest BCUT2D eigenvalue weighted by Crippen LogP contribution is -2.61. The highest BCUT2D eigenvalue weighted by atomic mass is 32.2. The summed E-state index contributed by atoms with van der Waals surface area (Å²) in [5.41, 5.74) is 0.0750. The summed E-state index contributed by atoms with van der Waals surface area (Å²) >= 11 is 0. The number of carboxylic acid groups (broad SMARTS) is 1. The number of nitrogens with zero attached hydrogens (tertiary/aromatic N) is 2. The molecule has 0 radical (unpaired) electrons. The zero-order chi connectivity index (χ0) is 34.2. The van der Waals surface area contributed by atoms with E-state index in [-0.39, 0.29) is 43.5 Å². The number of benzene rings is 2. The highest BCUT2D eigenvalue weighted by Gasteiger charge is 2.47. The topological polar surface area (TPSA) is 167 Å². The van der Waals surface area contributed by atoms with Gasteiger partial charge in [0.25, 0.3) is 0 Å². The fourth-order valence-corrected chi connectivity index (χ4v) is 7.88. The van der Waals surface area contributed by atoms with Crippen LogP contribution in [0.2, 0.25) is 0 Å². The van der Waals surface area contributed by atoms with Crippen LogP contribution in [0.4, 0.5) is 9.59 Å². The third kappa shape index (κ3) is 9.35. The van der Waals surface area contributed by atoms with Gasteiger partial charge in [-0.05, 0) is 61.4 Å². The molecule has 0 saturated carbocycles. The molecule has 2 aromatic rings. The molecule has 0 aromatic heterocycles. The first kappa shape index (κ1) is 36.4. The number of aliphatic hydroxyl groups excluding tert-OH is 1. The van der Waals surface area contributed by atoms with Crippen molar-refractivity contribution in [2.75, 3.05) is 46.6 Å². The Morgan fingerprint density at radius 1 is 1.13 bits per heavy atom. The Kier molecular flexibility index (Phi) is 12.5. The van der Waals surface area contributed by atoms with Crippen molar-refractivity contribution in [1.29, 1.82) is 0 Å². The molecule has 47 heavy (non-hydrogen) atoms. The summed E-state index contributed by atoms with van der Waals surface area (Å²) in [5, 5.41) is 27.5. The molecule has 2 aliphatic heterocycles. The number of alkyl carbamates (subject to hydrolysis) is 1. The monoisotopic (exact) mass is 676 g/mol. The largest absolute Gasteiger partial charge is 0.530 e. The summed E-state index contributed by atoms with van der Waals surface area (Å²) in [6.07, 6.45) is -2.99. The van der Waals surface area contributed by atoms with Gasteiger partial charge in [0, 0.05) is 25.6 Å². The fourth-order valence-electron chi connectivity index (χ4n) is 6.24. The zero-order valence-corrected chi connectivity index (χ0v) is 28.2. The molecule has 2 aromatic carbocycles. The quantitative estimate of drug-likeness (QED) is 0.269. The number of carbonyl (C=O) groups excluding carboxylic acids is 2. The normalized spacial score (nSPS) is 20.8. The summed E-state index contributed by atoms with van der Waals surface area (Å²) in [5.74, 6) is 0.227. The van der Waals surface area contributed by atoms with Gasteiger partial charge >= 0.3 is 6.09 Å². The number of carbonyl (C=O) groups is 2. The Morgan fingerprint density at radius 3 is 2.47 bits per heavy atom. The van der Waals surface area contributed by atoms with Crippen molar-refractivity contribution in [3.8, 4) is 5.75 Å². The molecule has 5 atom stereocenters. The van der Waals surface area contributed by atoms with Crippen molar-refractivity contribution >= 4 is 22.2 Å². The van der Waals surface area contributed by atoms with Crippen LogP contribution in [0.5, 0.6) is 5.75 Å². The minimum Gasteiger partial charge on any atom is -0.530 e. The molecule has 2 N–H and O–H groups in total. The first-order valence-electron chi connectivity index (χ1n) is 15.9. The second-order valence-electron chi connectivity index (χ2n) is 12.6. The Balaban J connectivity index is 1.67. The molecule has 2 heterocycles. The third-order valence-corrected chi connectivity index (χ3v) is 10.5. The SMILES string of the molecule is CCOC(=O)NCCC(C)(C)CN(C[C@@H](O)[C@H](Cc1ccccc1)N(C(=O)[O-])[C@H]1CO[C@H]2OCC[C@H]21)S(=O)(=O)c1ccc(OC)cc1. The van der Waals surface area contributed by atoms with Crippen LogP contribution in [0.3, 0.4) is 0 Å². The van der Waals surface area contributed by atoms with Gasteiger partial charge in [0.1, 0.15) is 11.8 Å². The van der Waals surface area contributed by atoms with Crippen LogP contribution in [-0.2, 0) is 30.7 Å². The number of nitrogens with one attached hydrogen (secondary N) is 1. The Bertz CT molecular complexity index is 1420. The minimum atomic E-state index is -4.21. The fraction of sp³-hybridized carbons (Fsp3) is 0.576. The number of sulfonamides is 1. The molecule has 2 fully saturated rings. The molecule has 0 aliphatic carbocycles. The van der Waals surface area contributed by atoms with Crippen LogP contribution in [0.1, 0.15) is 39.2 Å². The lowest BCUT2D eigenvalue weighted by molar-refractivity contribution is -0.273. The highest BCUT2D eigenvalue weighted by Crippen LogP contribution is 2.36. The van der Waals surface area contributed by atoms with E-state index < -0.39 is 58.6 Å². The summed E-state index contributed by atoms with van der Waals surface area (Å²) in [6, 6.07) is 13.3. The van der Waals surface area contributed by atoms with E-state index in [1.54, 1.807) is 6.92 Å². The van der Waals surface area contributed by atoms with Crippen LogP contribution < -0.4 is 15.2 Å². The smallest absolute Gasteiger partial charge is 0.407 e. The highest BCUT2D eigenvalue weighted by molar-refractivity contribution is 7.89. The van der Waals surface area contributed by atoms with Crippen molar-refractivity contribution in [3.05, 3.63) is 60.2 Å². The maximum atomic E-state index is 14.2. The third-order valence-electron chi connectivity index (χ3n) is 8.70. The van der Waals surface area contributed by atoms with Crippen LogP contribution in [0, 0.1) is 11.3 Å². The Morgan fingerprint density at radius 2 is 1.83 bits per heavy atom. The van der Waals surface area contributed by atoms with E-state index in [1.165, 1.54) is 35.7 Å². The van der Waals surface area contributed by atoms with Gasteiger partial charge in [-0.2, -0.15) is 4.31 Å². The summed E-state index contributed by atoms with van der Waals surface area (Å²) in [7, 11) is -2.73. The molecular weight excluding hydrogens is 630 g/mol. The number of aliphatic hydroxyl groups is 1. The summed E-state index contributed by atoms with van der Waals surface area (Å²) < 4.78 is 51.1. The van der Waals surface area contributed by atoms with Gasteiger partial charge < -0.3 is 44.2 Å². The van der Waals surface area contributed by atoms with Gasteiger partial charge in [-0.1, -0.05) is 44.2 Å². The molecule has 2 amide bonds. The molecule has 260 valence electrons. The van der Waals surface area contributed by atoms with E-state index in [0.29, 0.717) is 25.2 Å². The second-order valence-corrected chi connectivity index (χ2v) is 14.6. The second kappa shape index (κ2) is 16.1. The molecular formula is C33H46N3O10S-. The van der Waals surface area contributed by atoms with E-state index >= 15 is 0 Å². The van der Waals surface area contributed by atoms with E-state index in [4.69, 9.17) is 18.9 Å². The average Bonchev–Trinajstić information content (AvgIpc) is 3.66. The molecule has 0 unspecified atom stereocenters. The molecule has 2 aliphatic rings. The predicted molar refractivity (Wildman–Crippen MR) is 170 cm³/mol. The maximum absolute atomic E-state index is 14.2. The molecule has 13 nitrogen and oxygen atoms in total. The minimum absolute atomic E-state index is 0.0162. The van der Waals surface area contributed by atoms with E-state index in [2.05, 4.69) is 5.32 Å². The lowest BCUT2D eigenvalue weighted by Gasteiger charge is -2.43. The number of ether oxygens (including phenoxy) is 4. The van der Waals surface area contributed by atoms with Crippen molar-refractivity contribution in [2.24, 2.45) is 11.3 Å². The standard InChI is InChI=1S/C33H47N3O10S/c1-5-44-31(38)34-17-16-33(2,3)22-35(47(41,42)25-13-11-24(43-4)12-14-25)20-29(37)27(19-23-9-7-6-8-10-23)36(32(39)40)28-21-46-30-26(28)15-18-45-30/h6-14,26-30,37H,5,15-22H2,1-4H3,(H,34,38)(H,39,40)/p-1/t26-,27-,28-,29+,30+/m0/s1. The lowest BCUT2D eigenvalue weighted by atomic mass is 9.89. The van der Waals surface area contributed by atoms with Crippen LogP contribution in [0.15, 0.2) is 59.5 Å². The van der Waals surface area contributed by atoms with Crippen LogP contribution >= 0.6 is 0 Å². The number of hydrogen-bond acceptors (Lipinski definition) is 10. The molecule has 2 saturated heterocycles. The van der Waals surface area contributed by atoms with Crippen LogP contribution in [-0.4, -0.2) is 106 Å². The zero-order valence-electron chi connectivity index (χ0n) is 27.4. The van der Waals surface area contributed by atoms with Crippen molar-refractivity contribution in [3.63, 3.8) is 0 Å². The van der Waals surface area contributed by atoms with Gasteiger partial charge in [-0.3, -0.25) is 0 Å². The Hall–Kier alpha value is -3.43. The van der Waals surface area contributed by atoms with E-state index in [9.17, 15) is 28.2 Å². The van der Waals surface area contributed by atoms with Gasteiger partial charge in [-0.15, -0.1) is 0 Å². The number of hydrogen-bond donors (Lipinski definition) is 2. The van der Waals surface area contributed by atoms with Gasteiger partial charge in [0.2, 0.25) is 10.0 Å². The number of rotatable bonds is 16. The van der Waals surface area contributed by atoms with Crippen molar-refractivity contribution in [2.45, 2.75) is 69.4 Å². The molecule has 14 heteroatoms. The predicted octanol–water partition coefficient (Wildman–Crippen LogP) is 2.23. The molecule has 0 spiro atoms. The van der Waals surface area contributed by atoms with E-state index in [1.807, 2.05) is 44.2 Å². The van der Waals surface area contributed by atoms with Crippen molar-refractivity contribution in [1.82, 2.24) is 14.5 Å². The first-order valence-corrected chi connectivity index (χ1v) is 17.3. The van der Waals surface area contributed by atoms with E-state index in [0.717, 1.165) is 10.5 Å². The number of methoxy groups -OCH3 is 1. The number of amides is 2. The average molecular weight is 677 g/mol. The number of fused-ring (bicyclic) bond motifs is 1. The maximum Gasteiger partial charge on any atom is 0.407 e. The first-order chi connectivity index (χ1) is 22.4. The molecule has 4 rings (SSSR count). The van der Waals surface area contributed by atoms with Gasteiger partial charge in [0.05, 0.1) is 50.0 Å². The Labute approximate surface area is 276 Å². The van der Waals surface area contributed by atoms with Gasteiger partial charge in [-0.25, -0.2) is 13.2 Å². The molecule has 0 bridgehead atoms. The summed E-state index contributed by atoms with van der Waals surface area (Å²) in [6.45, 7) is 5.88. The van der Waals surface area contributed by atoms with Crippen molar-refractivity contribution < 1.29 is 47.2 Å².